The molecule has 1 aromatic carbocycles. The zero-order chi connectivity index (χ0) is 12.1. The van der Waals surface area contributed by atoms with Crippen LogP contribution in [0.4, 0.5) is 0 Å². The number of hydrogen-bond acceptors (Lipinski definition) is 3. The molecule has 0 aliphatic rings. The maximum atomic E-state index is 9.94. The van der Waals surface area contributed by atoms with Crippen LogP contribution in [0.2, 0.25) is 0 Å². The van der Waals surface area contributed by atoms with Crippen LogP contribution in [-0.2, 0) is 6.42 Å². The molecule has 0 saturated heterocycles. The first-order valence-electron chi connectivity index (χ1n) is 5.58. The summed E-state index contributed by atoms with van der Waals surface area (Å²) in [7, 11) is 0. The van der Waals surface area contributed by atoms with Crippen molar-refractivity contribution in [3.63, 3.8) is 0 Å². The first-order chi connectivity index (χ1) is 8.27. The van der Waals surface area contributed by atoms with Crippen molar-refractivity contribution in [3.05, 3.63) is 66.0 Å². The van der Waals surface area contributed by atoms with Crippen LogP contribution in [0.15, 0.2) is 54.7 Å². The summed E-state index contributed by atoms with van der Waals surface area (Å²) in [6, 6.07) is 14.9. The van der Waals surface area contributed by atoms with Gasteiger partial charge in [-0.1, -0.05) is 36.4 Å². The van der Waals surface area contributed by atoms with E-state index in [1.165, 1.54) is 0 Å². The molecule has 2 rings (SSSR count). The molecule has 1 heterocycles. The number of aliphatic hydroxyl groups is 2. The van der Waals surface area contributed by atoms with E-state index in [9.17, 15) is 10.2 Å². The van der Waals surface area contributed by atoms with E-state index >= 15 is 0 Å². The smallest absolute Gasteiger partial charge is 0.122 e. The minimum absolute atomic E-state index is 0.415. The first kappa shape index (κ1) is 11.8. The van der Waals surface area contributed by atoms with Gasteiger partial charge in [-0.2, -0.15) is 0 Å². The predicted molar refractivity (Wildman–Crippen MR) is 65.3 cm³/mol. The van der Waals surface area contributed by atoms with E-state index in [1.807, 2.05) is 30.3 Å². The Hall–Kier alpha value is -1.71. The van der Waals surface area contributed by atoms with Crippen molar-refractivity contribution in [1.29, 1.82) is 0 Å². The minimum Gasteiger partial charge on any atom is -0.390 e. The Kier molecular flexibility index (Phi) is 3.85. The number of rotatable bonds is 4. The van der Waals surface area contributed by atoms with Crippen molar-refractivity contribution in [2.75, 3.05) is 0 Å². The Morgan fingerprint density at radius 3 is 2.29 bits per heavy atom. The van der Waals surface area contributed by atoms with Gasteiger partial charge in [0.05, 0.1) is 11.8 Å². The monoisotopic (exact) mass is 229 g/mol. The van der Waals surface area contributed by atoms with Crippen molar-refractivity contribution < 1.29 is 10.2 Å². The van der Waals surface area contributed by atoms with Gasteiger partial charge in [0.15, 0.2) is 0 Å². The van der Waals surface area contributed by atoms with E-state index < -0.39 is 12.2 Å². The van der Waals surface area contributed by atoms with Crippen LogP contribution >= 0.6 is 0 Å². The fourth-order valence-corrected chi connectivity index (χ4v) is 1.72. The third kappa shape index (κ3) is 3.12. The average Bonchev–Trinajstić information content (AvgIpc) is 2.40. The van der Waals surface area contributed by atoms with Crippen molar-refractivity contribution in [3.8, 4) is 0 Å². The van der Waals surface area contributed by atoms with Gasteiger partial charge in [0.2, 0.25) is 0 Å². The molecule has 3 heteroatoms. The number of aliphatic hydroxyl groups excluding tert-OH is 2. The molecular weight excluding hydrogens is 214 g/mol. The molecule has 17 heavy (non-hydrogen) atoms. The molecule has 0 unspecified atom stereocenters. The van der Waals surface area contributed by atoms with Crippen LogP contribution in [0, 0.1) is 0 Å². The van der Waals surface area contributed by atoms with Gasteiger partial charge in [0.1, 0.15) is 6.10 Å². The Morgan fingerprint density at radius 2 is 1.65 bits per heavy atom. The van der Waals surface area contributed by atoms with Gasteiger partial charge in [-0.05, 0) is 17.7 Å². The third-order valence-corrected chi connectivity index (χ3v) is 2.64. The molecule has 2 atom stereocenters. The second kappa shape index (κ2) is 5.57. The van der Waals surface area contributed by atoms with Gasteiger partial charge >= 0.3 is 0 Å². The maximum Gasteiger partial charge on any atom is 0.122 e. The second-order valence-corrected chi connectivity index (χ2v) is 3.96. The molecule has 2 aromatic rings. The normalized spacial score (nSPS) is 14.2. The fourth-order valence-electron chi connectivity index (χ4n) is 1.72. The third-order valence-electron chi connectivity index (χ3n) is 2.64. The minimum atomic E-state index is -0.948. The standard InChI is InChI=1S/C14H15NO2/c16-13(10-11-6-2-1-3-7-11)14(17)12-8-4-5-9-15-12/h1-9,13-14,16-17H,10H2/t13-,14-/m0/s1. The lowest BCUT2D eigenvalue weighted by atomic mass is 10.0. The Bertz CT molecular complexity index is 444. The Labute approximate surface area is 100 Å². The maximum absolute atomic E-state index is 9.94. The number of benzene rings is 1. The first-order valence-corrected chi connectivity index (χ1v) is 5.58. The fraction of sp³-hybridized carbons (Fsp3) is 0.214. The van der Waals surface area contributed by atoms with Gasteiger partial charge in [-0.25, -0.2) is 0 Å². The molecular formula is C14H15NO2. The molecule has 3 nitrogen and oxygen atoms in total. The molecule has 0 spiro atoms. The lowest BCUT2D eigenvalue weighted by Gasteiger charge is -2.17. The number of hydrogen-bond donors (Lipinski definition) is 2. The molecule has 0 radical (unpaired) electrons. The lowest BCUT2D eigenvalue weighted by Crippen LogP contribution is -2.21. The topological polar surface area (TPSA) is 53.4 Å². The van der Waals surface area contributed by atoms with Crippen LogP contribution in [0.25, 0.3) is 0 Å². The summed E-state index contributed by atoms with van der Waals surface area (Å²) in [4.78, 5) is 4.03. The highest BCUT2D eigenvalue weighted by atomic mass is 16.3. The average molecular weight is 229 g/mol. The number of pyridine rings is 1. The number of aromatic nitrogens is 1. The zero-order valence-corrected chi connectivity index (χ0v) is 9.40. The molecule has 2 N–H and O–H groups in total. The van der Waals surface area contributed by atoms with E-state index in [0.29, 0.717) is 12.1 Å². The molecule has 0 saturated carbocycles. The van der Waals surface area contributed by atoms with E-state index in [-0.39, 0.29) is 0 Å². The Morgan fingerprint density at radius 1 is 0.941 bits per heavy atom. The molecule has 0 aliphatic carbocycles. The van der Waals surface area contributed by atoms with Crippen LogP contribution in [0.3, 0.4) is 0 Å². The SMILES string of the molecule is O[C@@H](Cc1ccccc1)[C@@H](O)c1ccccn1. The van der Waals surface area contributed by atoms with E-state index in [0.717, 1.165) is 5.56 Å². The summed E-state index contributed by atoms with van der Waals surface area (Å²) in [5, 5.41) is 19.9. The van der Waals surface area contributed by atoms with Gasteiger partial charge in [0.25, 0.3) is 0 Å². The molecule has 0 aliphatic heterocycles. The summed E-state index contributed by atoms with van der Waals surface area (Å²) >= 11 is 0. The summed E-state index contributed by atoms with van der Waals surface area (Å²) in [5.74, 6) is 0. The van der Waals surface area contributed by atoms with Crippen molar-refractivity contribution in [1.82, 2.24) is 4.98 Å². The molecule has 0 bridgehead atoms. The lowest BCUT2D eigenvalue weighted by molar-refractivity contribution is 0.0164. The summed E-state index contributed by atoms with van der Waals surface area (Å²) in [6.07, 6.45) is 0.232. The molecule has 0 fully saturated rings. The van der Waals surface area contributed by atoms with Crippen LogP contribution < -0.4 is 0 Å². The van der Waals surface area contributed by atoms with Gasteiger partial charge in [0, 0.05) is 12.6 Å². The summed E-state index contributed by atoms with van der Waals surface area (Å²) in [5.41, 5.74) is 1.49. The van der Waals surface area contributed by atoms with Crippen LogP contribution in [-0.4, -0.2) is 21.3 Å². The molecule has 88 valence electrons. The van der Waals surface area contributed by atoms with Gasteiger partial charge in [-0.15, -0.1) is 0 Å². The Balaban J connectivity index is 2.03. The van der Waals surface area contributed by atoms with E-state index in [2.05, 4.69) is 4.98 Å². The van der Waals surface area contributed by atoms with Crippen LogP contribution in [0.1, 0.15) is 17.4 Å². The van der Waals surface area contributed by atoms with Gasteiger partial charge in [-0.3, -0.25) is 4.98 Å². The number of nitrogens with zero attached hydrogens (tertiary/aromatic N) is 1. The quantitative estimate of drug-likeness (QED) is 0.839. The van der Waals surface area contributed by atoms with Crippen LogP contribution in [0.5, 0.6) is 0 Å². The summed E-state index contributed by atoms with van der Waals surface area (Å²) in [6.45, 7) is 0. The van der Waals surface area contributed by atoms with Gasteiger partial charge < -0.3 is 10.2 Å². The predicted octanol–water partition coefficient (Wildman–Crippen LogP) is 1.72. The molecule has 0 amide bonds. The van der Waals surface area contributed by atoms with E-state index in [4.69, 9.17) is 0 Å². The highest BCUT2D eigenvalue weighted by molar-refractivity contribution is 5.17. The highest BCUT2D eigenvalue weighted by Crippen LogP contribution is 2.17. The largest absolute Gasteiger partial charge is 0.390 e. The van der Waals surface area contributed by atoms with E-state index in [1.54, 1.807) is 24.4 Å². The zero-order valence-electron chi connectivity index (χ0n) is 9.40. The van der Waals surface area contributed by atoms with Crippen molar-refractivity contribution in [2.45, 2.75) is 18.6 Å². The molecule has 1 aromatic heterocycles. The highest BCUT2D eigenvalue weighted by Gasteiger charge is 2.19. The second-order valence-electron chi connectivity index (χ2n) is 3.96. The van der Waals surface area contributed by atoms with Crippen molar-refractivity contribution >= 4 is 0 Å². The summed E-state index contributed by atoms with van der Waals surface area (Å²) < 4.78 is 0. The van der Waals surface area contributed by atoms with Crippen molar-refractivity contribution in [2.24, 2.45) is 0 Å².